The third kappa shape index (κ3) is 4.14. The Labute approximate surface area is 118 Å². The molecule has 104 valence electrons. The number of oxazole rings is 1. The first-order valence-electron chi connectivity index (χ1n) is 6.56. The van der Waals surface area contributed by atoms with E-state index >= 15 is 0 Å². The van der Waals surface area contributed by atoms with Gasteiger partial charge in [0.15, 0.2) is 11.7 Å². The van der Waals surface area contributed by atoms with E-state index in [9.17, 15) is 0 Å². The highest BCUT2D eigenvalue weighted by atomic mass is 32.1. The van der Waals surface area contributed by atoms with E-state index in [1.54, 1.807) is 17.5 Å². The van der Waals surface area contributed by atoms with E-state index in [0.717, 1.165) is 41.6 Å². The molecule has 4 nitrogen and oxygen atoms in total. The van der Waals surface area contributed by atoms with Gasteiger partial charge in [0.25, 0.3) is 0 Å². The molecule has 0 bridgehead atoms. The first kappa shape index (κ1) is 14.2. The lowest BCUT2D eigenvalue weighted by Crippen LogP contribution is -2.36. The maximum Gasteiger partial charge on any atom is 0.194 e. The van der Waals surface area contributed by atoms with Gasteiger partial charge in [0.2, 0.25) is 0 Å². The minimum Gasteiger partial charge on any atom is -0.440 e. The molecule has 2 heterocycles. The standard InChI is InChI=1S/C14H21N3OS/c1-10-13(19-9-16-10)11-8-15-12(18-11)6-5-7-17-14(2,3)4/h8-9,17H,5-7H2,1-4H3. The van der Waals surface area contributed by atoms with E-state index in [0.29, 0.717) is 0 Å². The summed E-state index contributed by atoms with van der Waals surface area (Å²) in [5.41, 5.74) is 3.00. The van der Waals surface area contributed by atoms with E-state index in [1.165, 1.54) is 0 Å². The lowest BCUT2D eigenvalue weighted by molar-refractivity contribution is 0.413. The molecule has 0 aromatic carbocycles. The molecule has 19 heavy (non-hydrogen) atoms. The molecule has 2 aromatic heterocycles. The molecule has 2 aromatic rings. The Hall–Kier alpha value is -1.20. The van der Waals surface area contributed by atoms with Gasteiger partial charge >= 0.3 is 0 Å². The van der Waals surface area contributed by atoms with Crippen molar-refractivity contribution in [2.24, 2.45) is 0 Å². The lowest BCUT2D eigenvalue weighted by atomic mass is 10.1. The van der Waals surface area contributed by atoms with Gasteiger partial charge in [-0.25, -0.2) is 9.97 Å². The van der Waals surface area contributed by atoms with Crippen molar-refractivity contribution in [3.63, 3.8) is 0 Å². The van der Waals surface area contributed by atoms with Crippen molar-refractivity contribution in [3.05, 3.63) is 23.3 Å². The van der Waals surface area contributed by atoms with Crippen molar-refractivity contribution < 1.29 is 4.42 Å². The Morgan fingerprint density at radius 3 is 2.74 bits per heavy atom. The summed E-state index contributed by atoms with van der Waals surface area (Å²) in [6.45, 7) is 9.47. The molecule has 0 fully saturated rings. The summed E-state index contributed by atoms with van der Waals surface area (Å²) in [5, 5.41) is 3.46. The van der Waals surface area contributed by atoms with Gasteiger partial charge in [-0.15, -0.1) is 11.3 Å². The Morgan fingerprint density at radius 2 is 2.11 bits per heavy atom. The summed E-state index contributed by atoms with van der Waals surface area (Å²) in [5.74, 6) is 1.64. The van der Waals surface area contributed by atoms with Crippen LogP contribution in [0.25, 0.3) is 10.6 Å². The Balaban J connectivity index is 1.87. The Morgan fingerprint density at radius 1 is 1.32 bits per heavy atom. The number of nitrogens with one attached hydrogen (secondary N) is 1. The number of hydrogen-bond donors (Lipinski definition) is 1. The summed E-state index contributed by atoms with van der Waals surface area (Å²) in [7, 11) is 0. The second kappa shape index (κ2) is 5.84. The van der Waals surface area contributed by atoms with Crippen LogP contribution < -0.4 is 5.32 Å². The zero-order chi connectivity index (χ0) is 13.9. The van der Waals surface area contributed by atoms with Crippen LogP contribution in [0.2, 0.25) is 0 Å². The van der Waals surface area contributed by atoms with Crippen LogP contribution >= 0.6 is 11.3 Å². The molecule has 0 saturated heterocycles. The topological polar surface area (TPSA) is 51.0 Å². The zero-order valence-electron chi connectivity index (χ0n) is 12.0. The molecular formula is C14H21N3OS. The molecule has 0 aliphatic heterocycles. The smallest absolute Gasteiger partial charge is 0.194 e. The van der Waals surface area contributed by atoms with Gasteiger partial charge < -0.3 is 9.73 Å². The van der Waals surface area contributed by atoms with Gasteiger partial charge in [0.05, 0.1) is 22.3 Å². The van der Waals surface area contributed by atoms with Crippen LogP contribution in [0.5, 0.6) is 0 Å². The monoisotopic (exact) mass is 279 g/mol. The van der Waals surface area contributed by atoms with Crippen LogP contribution in [0, 0.1) is 6.92 Å². The lowest BCUT2D eigenvalue weighted by Gasteiger charge is -2.19. The van der Waals surface area contributed by atoms with Crippen molar-refractivity contribution >= 4 is 11.3 Å². The molecule has 2 rings (SSSR count). The van der Waals surface area contributed by atoms with Crippen molar-refractivity contribution in [1.82, 2.24) is 15.3 Å². The van der Waals surface area contributed by atoms with E-state index in [4.69, 9.17) is 4.42 Å². The molecule has 0 unspecified atom stereocenters. The minimum atomic E-state index is 0.168. The summed E-state index contributed by atoms with van der Waals surface area (Å²) >= 11 is 1.59. The fourth-order valence-corrected chi connectivity index (χ4v) is 2.52. The largest absolute Gasteiger partial charge is 0.440 e. The van der Waals surface area contributed by atoms with Crippen LogP contribution in [-0.4, -0.2) is 22.1 Å². The summed E-state index contributed by atoms with van der Waals surface area (Å²) in [6.07, 6.45) is 3.69. The van der Waals surface area contributed by atoms with Gasteiger partial charge in [0.1, 0.15) is 0 Å². The van der Waals surface area contributed by atoms with Gasteiger partial charge in [-0.1, -0.05) is 0 Å². The normalized spacial score (nSPS) is 12.0. The maximum atomic E-state index is 5.77. The van der Waals surface area contributed by atoms with Crippen LogP contribution in [-0.2, 0) is 6.42 Å². The molecule has 1 N–H and O–H groups in total. The highest BCUT2D eigenvalue weighted by Gasteiger charge is 2.11. The summed E-state index contributed by atoms with van der Waals surface area (Å²) in [6, 6.07) is 0. The van der Waals surface area contributed by atoms with E-state index in [2.05, 4.69) is 36.1 Å². The van der Waals surface area contributed by atoms with Gasteiger partial charge in [0, 0.05) is 12.0 Å². The summed E-state index contributed by atoms with van der Waals surface area (Å²) < 4.78 is 5.77. The minimum absolute atomic E-state index is 0.168. The van der Waals surface area contributed by atoms with Gasteiger partial charge in [-0.2, -0.15) is 0 Å². The van der Waals surface area contributed by atoms with Crippen molar-refractivity contribution in [1.29, 1.82) is 0 Å². The number of rotatable bonds is 5. The van der Waals surface area contributed by atoms with Gasteiger partial charge in [-0.3, -0.25) is 0 Å². The third-order valence-corrected chi connectivity index (χ3v) is 3.69. The van der Waals surface area contributed by atoms with E-state index in [1.807, 2.05) is 12.4 Å². The molecule has 0 aliphatic carbocycles. The van der Waals surface area contributed by atoms with Crippen molar-refractivity contribution in [2.45, 2.75) is 46.1 Å². The average Bonchev–Trinajstić information content (AvgIpc) is 2.91. The SMILES string of the molecule is Cc1ncsc1-c1cnc(CCCNC(C)(C)C)o1. The van der Waals surface area contributed by atoms with Crippen molar-refractivity contribution in [2.75, 3.05) is 6.54 Å². The molecular weight excluding hydrogens is 258 g/mol. The first-order chi connectivity index (χ1) is 8.96. The molecule has 0 aliphatic rings. The molecule has 0 amide bonds. The molecule has 0 spiro atoms. The predicted octanol–water partition coefficient (Wildman–Crippen LogP) is 3.43. The maximum absolute atomic E-state index is 5.77. The molecule has 0 saturated carbocycles. The number of thiazole rings is 1. The number of aryl methyl sites for hydroxylation is 2. The quantitative estimate of drug-likeness (QED) is 0.852. The average molecular weight is 279 g/mol. The highest BCUT2D eigenvalue weighted by Crippen LogP contribution is 2.27. The number of aromatic nitrogens is 2. The van der Waals surface area contributed by atoms with Crippen molar-refractivity contribution in [3.8, 4) is 10.6 Å². The fourth-order valence-electron chi connectivity index (χ4n) is 1.77. The first-order valence-corrected chi connectivity index (χ1v) is 7.44. The highest BCUT2D eigenvalue weighted by molar-refractivity contribution is 7.13. The predicted molar refractivity (Wildman–Crippen MR) is 78.4 cm³/mol. The molecule has 5 heteroatoms. The summed E-state index contributed by atoms with van der Waals surface area (Å²) in [4.78, 5) is 9.63. The number of nitrogens with zero attached hydrogens (tertiary/aromatic N) is 2. The van der Waals surface area contributed by atoms with Crippen LogP contribution in [0.1, 0.15) is 38.8 Å². The number of hydrogen-bond acceptors (Lipinski definition) is 5. The second-order valence-electron chi connectivity index (χ2n) is 5.67. The Kier molecular flexibility index (Phi) is 4.37. The molecule has 0 atom stereocenters. The van der Waals surface area contributed by atoms with E-state index in [-0.39, 0.29) is 5.54 Å². The van der Waals surface area contributed by atoms with Crippen LogP contribution in [0.15, 0.2) is 16.1 Å². The van der Waals surface area contributed by atoms with Crippen LogP contribution in [0.4, 0.5) is 0 Å². The fraction of sp³-hybridized carbons (Fsp3) is 0.571. The van der Waals surface area contributed by atoms with E-state index < -0.39 is 0 Å². The zero-order valence-corrected chi connectivity index (χ0v) is 12.8. The third-order valence-electron chi connectivity index (χ3n) is 2.75. The Bertz CT molecular complexity index is 525. The second-order valence-corrected chi connectivity index (χ2v) is 6.52. The van der Waals surface area contributed by atoms with Crippen LogP contribution in [0.3, 0.4) is 0 Å². The van der Waals surface area contributed by atoms with Gasteiger partial charge in [-0.05, 0) is 40.7 Å². The molecule has 0 radical (unpaired) electrons.